The van der Waals surface area contributed by atoms with E-state index in [4.69, 9.17) is 0 Å². The predicted octanol–water partition coefficient (Wildman–Crippen LogP) is 1.23. The Morgan fingerprint density at radius 2 is 2.09 bits per heavy atom. The number of benzene rings is 1. The van der Waals surface area contributed by atoms with E-state index in [9.17, 15) is 4.79 Å². The van der Waals surface area contributed by atoms with Crippen LogP contribution in [0.25, 0.3) is 0 Å². The molecule has 2 heterocycles. The summed E-state index contributed by atoms with van der Waals surface area (Å²) in [6, 6.07) is 10.3. The zero-order valence-electron chi connectivity index (χ0n) is 12.4. The number of thiazole rings is 1. The topological polar surface area (TPSA) is 85.6 Å². The van der Waals surface area contributed by atoms with Gasteiger partial charge in [0.15, 0.2) is 0 Å². The smallest absolute Gasteiger partial charge is 0.242 e. The van der Waals surface area contributed by atoms with Crippen molar-refractivity contribution in [3.05, 3.63) is 58.3 Å². The van der Waals surface area contributed by atoms with Gasteiger partial charge in [-0.15, -0.1) is 16.4 Å². The summed E-state index contributed by atoms with van der Waals surface area (Å²) in [6.45, 7) is 0.529. The summed E-state index contributed by atoms with van der Waals surface area (Å²) in [5, 5.41) is 16.5. The van der Waals surface area contributed by atoms with Crippen molar-refractivity contribution in [1.82, 2.24) is 30.5 Å². The fourth-order valence-corrected chi connectivity index (χ4v) is 2.88. The molecule has 0 saturated carbocycles. The average molecular weight is 328 g/mol. The highest BCUT2D eigenvalue weighted by Gasteiger charge is 2.06. The van der Waals surface area contributed by atoms with E-state index in [-0.39, 0.29) is 12.5 Å². The Morgan fingerprint density at radius 3 is 2.87 bits per heavy atom. The summed E-state index contributed by atoms with van der Waals surface area (Å²) in [5.41, 5.74) is 2.18. The SMILES string of the molecule is O=C(Cn1cnnn1)NCc1csc(CCc2ccccc2)n1. The number of tetrazole rings is 1. The number of aryl methyl sites for hydroxylation is 2. The minimum atomic E-state index is -0.142. The number of rotatable bonds is 7. The molecule has 7 nitrogen and oxygen atoms in total. The van der Waals surface area contributed by atoms with E-state index in [1.54, 1.807) is 11.3 Å². The molecule has 1 amide bonds. The van der Waals surface area contributed by atoms with Gasteiger partial charge < -0.3 is 5.32 Å². The summed E-state index contributed by atoms with van der Waals surface area (Å²) >= 11 is 1.63. The molecule has 2 aromatic heterocycles. The molecule has 0 unspecified atom stereocenters. The lowest BCUT2D eigenvalue weighted by Crippen LogP contribution is -2.27. The zero-order valence-corrected chi connectivity index (χ0v) is 13.2. The van der Waals surface area contributed by atoms with Crippen LogP contribution in [0.5, 0.6) is 0 Å². The summed E-state index contributed by atoms with van der Waals surface area (Å²) in [4.78, 5) is 16.3. The maximum atomic E-state index is 11.7. The Balaban J connectivity index is 1.44. The van der Waals surface area contributed by atoms with E-state index < -0.39 is 0 Å². The molecule has 0 aliphatic carbocycles. The van der Waals surface area contributed by atoms with Gasteiger partial charge in [0.05, 0.1) is 17.2 Å². The molecule has 3 rings (SSSR count). The van der Waals surface area contributed by atoms with Gasteiger partial charge in [0.1, 0.15) is 12.9 Å². The number of carbonyl (C=O) groups is 1. The van der Waals surface area contributed by atoms with Crippen molar-refractivity contribution in [2.45, 2.75) is 25.9 Å². The molecular weight excluding hydrogens is 312 g/mol. The standard InChI is InChI=1S/C15H16N6OS/c22-14(9-21-11-17-19-20-21)16-8-13-10-23-15(18-13)7-6-12-4-2-1-3-5-12/h1-5,10-11H,6-9H2,(H,16,22). The molecule has 0 aliphatic heterocycles. The van der Waals surface area contributed by atoms with Gasteiger partial charge in [-0.1, -0.05) is 30.3 Å². The zero-order chi connectivity index (χ0) is 15.9. The Labute approximate surface area is 137 Å². The molecule has 0 fully saturated rings. The van der Waals surface area contributed by atoms with E-state index in [0.29, 0.717) is 6.54 Å². The summed E-state index contributed by atoms with van der Waals surface area (Å²) in [5.74, 6) is -0.142. The third kappa shape index (κ3) is 4.68. The van der Waals surface area contributed by atoms with Gasteiger partial charge in [-0.05, 0) is 22.4 Å². The van der Waals surface area contributed by atoms with Crippen LogP contribution in [0.3, 0.4) is 0 Å². The summed E-state index contributed by atoms with van der Waals surface area (Å²) in [7, 11) is 0. The highest BCUT2D eigenvalue weighted by Crippen LogP contribution is 2.13. The van der Waals surface area contributed by atoms with Crippen LogP contribution < -0.4 is 5.32 Å². The third-order valence-electron chi connectivity index (χ3n) is 3.23. The van der Waals surface area contributed by atoms with Crippen LogP contribution in [0.2, 0.25) is 0 Å². The van der Waals surface area contributed by atoms with E-state index in [1.165, 1.54) is 16.6 Å². The minimum Gasteiger partial charge on any atom is -0.349 e. The monoisotopic (exact) mass is 328 g/mol. The predicted molar refractivity (Wildman–Crippen MR) is 85.6 cm³/mol. The van der Waals surface area contributed by atoms with Crippen molar-refractivity contribution in [2.24, 2.45) is 0 Å². The first-order valence-electron chi connectivity index (χ1n) is 7.24. The first-order valence-corrected chi connectivity index (χ1v) is 8.12. The van der Waals surface area contributed by atoms with Crippen LogP contribution in [0, 0.1) is 0 Å². The summed E-state index contributed by atoms with van der Waals surface area (Å²) in [6.07, 6.45) is 3.29. The molecule has 23 heavy (non-hydrogen) atoms. The Hall–Kier alpha value is -2.61. The van der Waals surface area contributed by atoms with Gasteiger partial charge in [-0.2, -0.15) is 0 Å². The fraction of sp³-hybridized carbons (Fsp3) is 0.267. The first-order chi connectivity index (χ1) is 11.3. The molecule has 8 heteroatoms. The number of aromatic nitrogens is 5. The summed E-state index contributed by atoms with van der Waals surface area (Å²) < 4.78 is 1.38. The maximum absolute atomic E-state index is 11.7. The lowest BCUT2D eigenvalue weighted by Gasteiger charge is -2.02. The number of hydrogen-bond donors (Lipinski definition) is 1. The fourth-order valence-electron chi connectivity index (χ4n) is 2.09. The number of amides is 1. The number of hydrogen-bond acceptors (Lipinski definition) is 6. The second-order valence-electron chi connectivity index (χ2n) is 5.00. The van der Waals surface area contributed by atoms with Crippen LogP contribution in [-0.4, -0.2) is 31.1 Å². The highest BCUT2D eigenvalue weighted by molar-refractivity contribution is 7.09. The number of carbonyl (C=O) groups excluding carboxylic acids is 1. The maximum Gasteiger partial charge on any atom is 0.242 e. The Bertz CT molecular complexity index is 740. The number of nitrogens with zero attached hydrogens (tertiary/aromatic N) is 5. The van der Waals surface area contributed by atoms with Gasteiger partial charge in [-0.3, -0.25) is 4.79 Å². The van der Waals surface area contributed by atoms with Gasteiger partial charge in [0.2, 0.25) is 5.91 Å². The van der Waals surface area contributed by atoms with Crippen LogP contribution in [0.4, 0.5) is 0 Å². The molecule has 3 aromatic rings. The van der Waals surface area contributed by atoms with E-state index >= 15 is 0 Å². The lowest BCUT2D eigenvalue weighted by molar-refractivity contribution is -0.122. The van der Waals surface area contributed by atoms with E-state index in [2.05, 4.69) is 38.0 Å². The highest BCUT2D eigenvalue weighted by atomic mass is 32.1. The molecular formula is C15H16N6OS. The average Bonchev–Trinajstić information content (AvgIpc) is 3.24. The van der Waals surface area contributed by atoms with Crippen LogP contribution in [-0.2, 0) is 30.7 Å². The normalized spacial score (nSPS) is 10.6. The molecule has 0 spiro atoms. The molecule has 0 radical (unpaired) electrons. The van der Waals surface area contributed by atoms with E-state index in [1.807, 2.05) is 23.6 Å². The molecule has 118 valence electrons. The molecule has 1 aromatic carbocycles. The molecule has 1 N–H and O–H groups in total. The van der Waals surface area contributed by atoms with Crippen molar-refractivity contribution < 1.29 is 4.79 Å². The largest absolute Gasteiger partial charge is 0.349 e. The third-order valence-corrected chi connectivity index (χ3v) is 4.19. The van der Waals surface area contributed by atoms with Crippen molar-refractivity contribution in [3.63, 3.8) is 0 Å². The second-order valence-corrected chi connectivity index (χ2v) is 5.94. The van der Waals surface area contributed by atoms with Crippen molar-refractivity contribution in [2.75, 3.05) is 0 Å². The van der Waals surface area contributed by atoms with Gasteiger partial charge in [0, 0.05) is 11.8 Å². The van der Waals surface area contributed by atoms with Gasteiger partial charge in [0.25, 0.3) is 0 Å². The van der Waals surface area contributed by atoms with Crippen molar-refractivity contribution in [3.8, 4) is 0 Å². The Kier molecular flexibility index (Phi) is 5.05. The van der Waals surface area contributed by atoms with Crippen LogP contribution >= 0.6 is 11.3 Å². The molecule has 0 saturated heterocycles. The first kappa shape index (κ1) is 15.3. The van der Waals surface area contributed by atoms with Crippen LogP contribution in [0.1, 0.15) is 16.3 Å². The minimum absolute atomic E-state index is 0.109. The van der Waals surface area contributed by atoms with Crippen molar-refractivity contribution >= 4 is 17.2 Å². The number of nitrogens with one attached hydrogen (secondary N) is 1. The molecule has 0 aliphatic rings. The quantitative estimate of drug-likeness (QED) is 0.705. The van der Waals surface area contributed by atoms with Crippen LogP contribution in [0.15, 0.2) is 42.0 Å². The molecule has 0 atom stereocenters. The van der Waals surface area contributed by atoms with Gasteiger partial charge >= 0.3 is 0 Å². The van der Waals surface area contributed by atoms with Crippen molar-refractivity contribution in [1.29, 1.82) is 0 Å². The molecule has 0 bridgehead atoms. The Morgan fingerprint density at radius 1 is 1.22 bits per heavy atom. The second kappa shape index (κ2) is 7.59. The van der Waals surface area contributed by atoms with Gasteiger partial charge in [-0.25, -0.2) is 9.67 Å². The lowest BCUT2D eigenvalue weighted by atomic mass is 10.1. The van der Waals surface area contributed by atoms with E-state index in [0.717, 1.165) is 23.5 Å².